The van der Waals surface area contributed by atoms with Gasteiger partial charge in [-0.2, -0.15) is 0 Å². The van der Waals surface area contributed by atoms with Crippen molar-refractivity contribution in [3.63, 3.8) is 0 Å². The summed E-state index contributed by atoms with van der Waals surface area (Å²) in [5.74, 6) is 0.232. The Morgan fingerprint density at radius 2 is 2.37 bits per heavy atom. The molecule has 0 aliphatic carbocycles. The van der Waals surface area contributed by atoms with Crippen molar-refractivity contribution in [3.8, 4) is 0 Å². The van der Waals surface area contributed by atoms with Gasteiger partial charge in [0.25, 0.3) is 0 Å². The van der Waals surface area contributed by atoms with Gasteiger partial charge in [-0.15, -0.1) is 0 Å². The summed E-state index contributed by atoms with van der Waals surface area (Å²) in [5, 5.41) is 0. The molecule has 1 amide bonds. The van der Waals surface area contributed by atoms with E-state index in [0.717, 1.165) is 31.5 Å². The molecule has 1 N–H and O–H groups in total. The Bertz CT molecular complexity index is 562. The zero-order valence-corrected chi connectivity index (χ0v) is 10.8. The van der Waals surface area contributed by atoms with Gasteiger partial charge in [0.15, 0.2) is 0 Å². The van der Waals surface area contributed by atoms with Crippen LogP contribution in [0.15, 0.2) is 36.8 Å². The third-order valence-electron chi connectivity index (χ3n) is 3.63. The molecule has 3 heterocycles. The number of pyridine rings is 1. The molecule has 0 bridgehead atoms. The predicted octanol–water partition coefficient (Wildman–Crippen LogP) is 1.93. The minimum atomic E-state index is 0.232. The number of amides is 1. The van der Waals surface area contributed by atoms with E-state index in [1.807, 2.05) is 29.4 Å². The van der Waals surface area contributed by atoms with Gasteiger partial charge >= 0.3 is 0 Å². The molecule has 0 unspecified atom stereocenters. The van der Waals surface area contributed by atoms with Crippen LogP contribution < -0.4 is 0 Å². The molecule has 98 valence electrons. The van der Waals surface area contributed by atoms with Crippen molar-refractivity contribution >= 4 is 5.91 Å². The number of aromatic amines is 1. The largest absolute Gasteiger partial charge is 0.365 e. The highest BCUT2D eigenvalue weighted by molar-refractivity contribution is 5.76. The fourth-order valence-electron chi connectivity index (χ4n) is 2.52. The number of rotatable bonds is 3. The smallest absolute Gasteiger partial charge is 0.223 e. The molecule has 0 saturated carbocycles. The van der Waals surface area contributed by atoms with E-state index in [1.165, 1.54) is 11.3 Å². The van der Waals surface area contributed by atoms with E-state index in [4.69, 9.17) is 0 Å². The Labute approximate surface area is 112 Å². The maximum absolute atomic E-state index is 12.2. The number of aryl methyl sites for hydroxylation is 1. The molecule has 3 rings (SSSR count). The highest BCUT2D eigenvalue weighted by Gasteiger charge is 2.20. The van der Waals surface area contributed by atoms with Crippen LogP contribution in [0, 0.1) is 0 Å². The van der Waals surface area contributed by atoms with E-state index >= 15 is 0 Å². The normalized spacial score (nSPS) is 14.2. The fraction of sp³-hybridized carbons (Fsp3) is 0.333. The zero-order chi connectivity index (χ0) is 13.1. The van der Waals surface area contributed by atoms with Crippen molar-refractivity contribution in [2.75, 3.05) is 6.54 Å². The second kappa shape index (κ2) is 5.26. The third-order valence-corrected chi connectivity index (χ3v) is 3.63. The number of nitrogens with one attached hydrogen (secondary N) is 1. The van der Waals surface area contributed by atoms with Gasteiger partial charge in [0.2, 0.25) is 5.91 Å². The summed E-state index contributed by atoms with van der Waals surface area (Å²) in [7, 11) is 0. The Morgan fingerprint density at radius 3 is 3.21 bits per heavy atom. The first-order valence-electron chi connectivity index (χ1n) is 6.65. The number of aromatic nitrogens is 2. The number of carbonyl (C=O) groups is 1. The van der Waals surface area contributed by atoms with Crippen LogP contribution in [-0.2, 0) is 24.2 Å². The first-order chi connectivity index (χ1) is 9.33. The van der Waals surface area contributed by atoms with Crippen LogP contribution in [0.4, 0.5) is 0 Å². The van der Waals surface area contributed by atoms with Crippen LogP contribution in [0.25, 0.3) is 0 Å². The monoisotopic (exact) mass is 255 g/mol. The molecule has 2 aromatic heterocycles. The number of fused-ring (bicyclic) bond motifs is 1. The summed E-state index contributed by atoms with van der Waals surface area (Å²) in [6, 6.07) is 5.99. The number of hydrogen-bond donors (Lipinski definition) is 1. The number of nitrogens with zero attached hydrogens (tertiary/aromatic N) is 2. The van der Waals surface area contributed by atoms with Crippen molar-refractivity contribution < 1.29 is 4.79 Å². The molecule has 4 nitrogen and oxygen atoms in total. The van der Waals surface area contributed by atoms with Crippen molar-refractivity contribution in [2.24, 2.45) is 0 Å². The van der Waals surface area contributed by atoms with E-state index in [9.17, 15) is 4.79 Å². The molecule has 4 heteroatoms. The Morgan fingerprint density at radius 1 is 1.42 bits per heavy atom. The van der Waals surface area contributed by atoms with Crippen molar-refractivity contribution in [3.05, 3.63) is 53.6 Å². The van der Waals surface area contributed by atoms with E-state index in [2.05, 4.69) is 16.0 Å². The van der Waals surface area contributed by atoms with E-state index < -0.39 is 0 Å². The summed E-state index contributed by atoms with van der Waals surface area (Å²) in [6.07, 6.45) is 7.79. The lowest BCUT2D eigenvalue weighted by atomic mass is 10.1. The molecule has 0 radical (unpaired) electrons. The van der Waals surface area contributed by atoms with Gasteiger partial charge in [0, 0.05) is 50.2 Å². The molecule has 19 heavy (non-hydrogen) atoms. The second-order valence-corrected chi connectivity index (χ2v) is 4.91. The second-order valence-electron chi connectivity index (χ2n) is 4.91. The Kier molecular flexibility index (Phi) is 3.31. The summed E-state index contributed by atoms with van der Waals surface area (Å²) in [4.78, 5) is 21.4. The maximum Gasteiger partial charge on any atom is 0.223 e. The first kappa shape index (κ1) is 12.0. The zero-order valence-electron chi connectivity index (χ0n) is 10.8. The van der Waals surface area contributed by atoms with E-state index in [0.29, 0.717) is 6.42 Å². The molecular formula is C15H17N3O. The van der Waals surface area contributed by atoms with Crippen molar-refractivity contribution in [1.82, 2.24) is 14.9 Å². The van der Waals surface area contributed by atoms with Crippen LogP contribution in [0.1, 0.15) is 23.2 Å². The molecular weight excluding hydrogens is 238 g/mol. The third kappa shape index (κ3) is 2.67. The van der Waals surface area contributed by atoms with Crippen molar-refractivity contribution in [2.45, 2.75) is 25.8 Å². The highest BCUT2D eigenvalue weighted by atomic mass is 16.2. The average molecular weight is 255 g/mol. The Hall–Kier alpha value is -2.10. The lowest BCUT2D eigenvalue weighted by Crippen LogP contribution is -2.35. The molecule has 0 fully saturated rings. The highest BCUT2D eigenvalue weighted by Crippen LogP contribution is 2.18. The van der Waals surface area contributed by atoms with Gasteiger partial charge in [0.1, 0.15) is 0 Å². The summed E-state index contributed by atoms with van der Waals surface area (Å²) >= 11 is 0. The molecule has 0 atom stereocenters. The van der Waals surface area contributed by atoms with Gasteiger partial charge < -0.3 is 9.88 Å². The summed E-state index contributed by atoms with van der Waals surface area (Å²) in [5.41, 5.74) is 3.65. The van der Waals surface area contributed by atoms with Gasteiger partial charge in [0.05, 0.1) is 0 Å². The minimum Gasteiger partial charge on any atom is -0.365 e. The lowest BCUT2D eigenvalue weighted by molar-refractivity contribution is -0.132. The number of H-pyrrole nitrogens is 1. The standard InChI is InChI=1S/C15H17N3O/c19-15(4-3-12-2-1-7-16-10-12)18-9-6-14-13(11-18)5-8-17-14/h1-2,5,7-8,10,17H,3-4,6,9,11H2. The van der Waals surface area contributed by atoms with Crippen LogP contribution in [0.2, 0.25) is 0 Å². The van der Waals surface area contributed by atoms with Gasteiger partial charge in [-0.1, -0.05) is 6.07 Å². The molecule has 0 aromatic carbocycles. The van der Waals surface area contributed by atoms with Crippen molar-refractivity contribution in [1.29, 1.82) is 0 Å². The molecule has 2 aromatic rings. The topological polar surface area (TPSA) is 49.0 Å². The van der Waals surface area contributed by atoms with E-state index in [-0.39, 0.29) is 5.91 Å². The van der Waals surface area contributed by atoms with Gasteiger partial charge in [-0.25, -0.2) is 0 Å². The molecule has 0 spiro atoms. The summed E-state index contributed by atoms with van der Waals surface area (Å²) < 4.78 is 0. The van der Waals surface area contributed by atoms with E-state index in [1.54, 1.807) is 6.20 Å². The van der Waals surface area contributed by atoms with Crippen LogP contribution in [0.3, 0.4) is 0 Å². The SMILES string of the molecule is O=C(CCc1cccnc1)N1CCc2[nH]ccc2C1. The van der Waals surface area contributed by atoms with Crippen LogP contribution >= 0.6 is 0 Å². The maximum atomic E-state index is 12.2. The Balaban J connectivity index is 1.57. The first-order valence-corrected chi connectivity index (χ1v) is 6.65. The van der Waals surface area contributed by atoms with Gasteiger partial charge in [-0.3, -0.25) is 9.78 Å². The summed E-state index contributed by atoms with van der Waals surface area (Å²) in [6.45, 7) is 1.56. The fourth-order valence-corrected chi connectivity index (χ4v) is 2.52. The predicted molar refractivity (Wildman–Crippen MR) is 72.5 cm³/mol. The van der Waals surface area contributed by atoms with Gasteiger partial charge in [-0.05, 0) is 29.7 Å². The van der Waals surface area contributed by atoms with Crippen LogP contribution in [-0.4, -0.2) is 27.3 Å². The number of hydrogen-bond acceptors (Lipinski definition) is 2. The quantitative estimate of drug-likeness (QED) is 0.911. The van der Waals surface area contributed by atoms with Crippen LogP contribution in [0.5, 0.6) is 0 Å². The number of carbonyl (C=O) groups excluding carboxylic acids is 1. The molecule has 1 aliphatic rings. The minimum absolute atomic E-state index is 0.232. The molecule has 0 saturated heterocycles. The molecule has 1 aliphatic heterocycles. The lowest BCUT2D eigenvalue weighted by Gasteiger charge is -2.27. The average Bonchev–Trinajstić information content (AvgIpc) is 2.93.